The molecule has 3 heteroatoms. The molecular weight excluding hydrogens is 324 g/mol. The molecule has 0 aromatic heterocycles. The monoisotopic (exact) mass is 352 g/mol. The molecule has 0 fully saturated rings. The summed E-state index contributed by atoms with van der Waals surface area (Å²) in [6.07, 6.45) is 3.51. The van der Waals surface area contributed by atoms with Crippen molar-refractivity contribution >= 4 is 18.7 Å². The number of rotatable bonds is 7. The van der Waals surface area contributed by atoms with E-state index in [-0.39, 0.29) is 11.6 Å². The van der Waals surface area contributed by atoms with Gasteiger partial charge < -0.3 is 9.53 Å². The minimum atomic E-state index is -2.53. The molecule has 0 saturated carbocycles. The minimum absolute atomic E-state index is 0.00847. The summed E-state index contributed by atoms with van der Waals surface area (Å²) in [6.45, 7) is 11.0. The number of hydrogen-bond donors (Lipinski definition) is 1. The second kappa shape index (κ2) is 8.43. The average Bonchev–Trinajstić information content (AvgIpc) is 2.62. The Morgan fingerprint density at radius 3 is 1.84 bits per heavy atom. The highest BCUT2D eigenvalue weighted by Gasteiger charge is 2.50. The first-order valence-corrected chi connectivity index (χ1v) is 10.5. The van der Waals surface area contributed by atoms with Crippen molar-refractivity contribution in [2.45, 2.75) is 25.8 Å². The molecule has 0 spiro atoms. The van der Waals surface area contributed by atoms with Crippen molar-refractivity contribution in [2.24, 2.45) is 0 Å². The molecule has 2 nitrogen and oxygen atoms in total. The van der Waals surface area contributed by atoms with E-state index in [9.17, 15) is 5.11 Å². The van der Waals surface area contributed by atoms with E-state index in [0.717, 1.165) is 5.57 Å². The van der Waals surface area contributed by atoms with Gasteiger partial charge in [-0.1, -0.05) is 100 Å². The van der Waals surface area contributed by atoms with Gasteiger partial charge in [-0.3, -0.25) is 0 Å². The lowest BCUT2D eigenvalue weighted by atomic mass is 10.2. The van der Waals surface area contributed by atoms with Crippen molar-refractivity contribution in [3.05, 3.63) is 85.0 Å². The van der Waals surface area contributed by atoms with Crippen LogP contribution in [0.5, 0.6) is 0 Å². The Labute approximate surface area is 152 Å². The van der Waals surface area contributed by atoms with E-state index in [0.29, 0.717) is 6.61 Å². The SMILES string of the molecule is C=C/C(=C\CO)CO[Si](c1ccccc1)(c1ccccc1)C(C)(C)C. The summed E-state index contributed by atoms with van der Waals surface area (Å²) in [5.41, 5.74) is 0.912. The van der Waals surface area contributed by atoms with Gasteiger partial charge in [-0.15, -0.1) is 0 Å². The van der Waals surface area contributed by atoms with Crippen LogP contribution in [0, 0.1) is 0 Å². The van der Waals surface area contributed by atoms with Gasteiger partial charge in [0.05, 0.1) is 13.2 Å². The van der Waals surface area contributed by atoms with Crippen molar-refractivity contribution < 1.29 is 9.53 Å². The van der Waals surface area contributed by atoms with E-state index >= 15 is 0 Å². The van der Waals surface area contributed by atoms with Crippen molar-refractivity contribution in [1.29, 1.82) is 0 Å². The molecule has 132 valence electrons. The van der Waals surface area contributed by atoms with Crippen LogP contribution in [-0.4, -0.2) is 26.6 Å². The fraction of sp³-hybridized carbons (Fsp3) is 0.273. The highest BCUT2D eigenvalue weighted by atomic mass is 28.4. The quantitative estimate of drug-likeness (QED) is 0.609. The van der Waals surface area contributed by atoms with E-state index in [2.05, 4.69) is 75.9 Å². The number of aliphatic hydroxyl groups is 1. The maximum absolute atomic E-state index is 9.22. The van der Waals surface area contributed by atoms with Crippen molar-refractivity contribution in [1.82, 2.24) is 0 Å². The second-order valence-electron chi connectivity index (χ2n) is 7.12. The second-order valence-corrected chi connectivity index (χ2v) is 11.4. The van der Waals surface area contributed by atoms with Crippen molar-refractivity contribution in [3.8, 4) is 0 Å². The molecule has 0 atom stereocenters. The molecule has 1 N–H and O–H groups in total. The fourth-order valence-corrected chi connectivity index (χ4v) is 7.81. The number of hydrogen-bond acceptors (Lipinski definition) is 2. The maximum atomic E-state index is 9.22. The molecule has 2 aromatic rings. The van der Waals surface area contributed by atoms with Gasteiger partial charge in [0.15, 0.2) is 0 Å². The summed E-state index contributed by atoms with van der Waals surface area (Å²) >= 11 is 0. The minimum Gasteiger partial charge on any atom is -0.403 e. The molecule has 2 aromatic carbocycles. The molecule has 0 heterocycles. The molecule has 0 bridgehead atoms. The molecule has 0 radical (unpaired) electrons. The molecule has 0 aliphatic carbocycles. The third-order valence-electron chi connectivity index (χ3n) is 4.49. The standard InChI is InChI=1S/C22H28O2Si/c1-5-19(16-17-23)18-24-25(22(2,3)4,20-12-8-6-9-13-20)21-14-10-7-11-15-21/h5-16,23H,1,17-18H2,2-4H3/b19-16+. The van der Waals surface area contributed by atoms with Gasteiger partial charge in [0.25, 0.3) is 8.32 Å². The molecule has 0 unspecified atom stereocenters. The largest absolute Gasteiger partial charge is 0.403 e. The summed E-state index contributed by atoms with van der Waals surface area (Å²) in [6, 6.07) is 21.1. The van der Waals surface area contributed by atoms with E-state index < -0.39 is 8.32 Å². The summed E-state index contributed by atoms with van der Waals surface area (Å²) < 4.78 is 6.76. The Bertz CT molecular complexity index is 660. The number of benzene rings is 2. The first-order chi connectivity index (χ1) is 12.0. The van der Waals surface area contributed by atoms with Crippen molar-refractivity contribution in [2.75, 3.05) is 13.2 Å². The molecule has 25 heavy (non-hydrogen) atoms. The zero-order valence-electron chi connectivity index (χ0n) is 15.4. The van der Waals surface area contributed by atoms with Crippen LogP contribution in [-0.2, 0) is 4.43 Å². The zero-order chi connectivity index (χ0) is 18.3. The lowest BCUT2D eigenvalue weighted by molar-refractivity contribution is 0.322. The average molecular weight is 353 g/mol. The fourth-order valence-electron chi connectivity index (χ4n) is 3.27. The van der Waals surface area contributed by atoms with Gasteiger partial charge in [-0.25, -0.2) is 0 Å². The van der Waals surface area contributed by atoms with Gasteiger partial charge in [0.2, 0.25) is 0 Å². The summed E-state index contributed by atoms with van der Waals surface area (Å²) in [5.74, 6) is 0. The van der Waals surface area contributed by atoms with Gasteiger partial charge in [-0.05, 0) is 21.0 Å². The Morgan fingerprint density at radius 2 is 1.48 bits per heavy atom. The van der Waals surface area contributed by atoms with Crippen LogP contribution >= 0.6 is 0 Å². The predicted molar refractivity (Wildman–Crippen MR) is 109 cm³/mol. The van der Waals surface area contributed by atoms with E-state index in [4.69, 9.17) is 4.43 Å². The molecular formula is C22H28O2Si. The van der Waals surface area contributed by atoms with Crippen LogP contribution in [0.4, 0.5) is 0 Å². The lowest BCUT2D eigenvalue weighted by Gasteiger charge is -2.43. The van der Waals surface area contributed by atoms with Crippen LogP contribution in [0.3, 0.4) is 0 Å². The normalized spacial score (nSPS) is 12.9. The van der Waals surface area contributed by atoms with Crippen molar-refractivity contribution in [3.63, 3.8) is 0 Å². The van der Waals surface area contributed by atoms with Crippen LogP contribution in [0.25, 0.3) is 0 Å². The van der Waals surface area contributed by atoms with Crippen LogP contribution in [0.15, 0.2) is 85.0 Å². The van der Waals surface area contributed by atoms with Gasteiger partial charge in [0.1, 0.15) is 0 Å². The lowest BCUT2D eigenvalue weighted by Crippen LogP contribution is -2.66. The molecule has 0 saturated heterocycles. The third-order valence-corrected chi connectivity index (χ3v) is 9.47. The van der Waals surface area contributed by atoms with E-state index in [1.807, 2.05) is 12.1 Å². The zero-order valence-corrected chi connectivity index (χ0v) is 16.4. The predicted octanol–water partition coefficient (Wildman–Crippen LogP) is 3.67. The molecule has 0 amide bonds. The first-order valence-electron chi connectivity index (χ1n) is 8.63. The molecule has 0 aliphatic heterocycles. The maximum Gasteiger partial charge on any atom is 0.261 e. The third kappa shape index (κ3) is 4.18. The van der Waals surface area contributed by atoms with Crippen LogP contribution in [0.2, 0.25) is 5.04 Å². The van der Waals surface area contributed by atoms with Gasteiger partial charge in [-0.2, -0.15) is 0 Å². The summed E-state index contributed by atoms with van der Waals surface area (Å²) in [4.78, 5) is 0. The van der Waals surface area contributed by atoms with Gasteiger partial charge in [0, 0.05) is 0 Å². The molecule has 2 rings (SSSR count). The van der Waals surface area contributed by atoms with Crippen LogP contribution < -0.4 is 10.4 Å². The highest BCUT2D eigenvalue weighted by Crippen LogP contribution is 2.36. The highest BCUT2D eigenvalue weighted by molar-refractivity contribution is 6.99. The topological polar surface area (TPSA) is 29.5 Å². The Kier molecular flexibility index (Phi) is 6.54. The Hall–Kier alpha value is -1.94. The number of aliphatic hydroxyl groups excluding tert-OH is 1. The van der Waals surface area contributed by atoms with Crippen LogP contribution in [0.1, 0.15) is 20.8 Å². The smallest absolute Gasteiger partial charge is 0.261 e. The Balaban J connectivity index is 2.60. The molecule has 0 aliphatic rings. The summed E-state index contributed by atoms with van der Waals surface area (Å²) in [7, 11) is -2.53. The first kappa shape index (κ1) is 19.4. The Morgan fingerprint density at radius 1 is 1.00 bits per heavy atom. The van der Waals surface area contributed by atoms with Gasteiger partial charge >= 0.3 is 0 Å². The van der Waals surface area contributed by atoms with E-state index in [1.54, 1.807) is 12.2 Å². The summed E-state index contributed by atoms with van der Waals surface area (Å²) in [5, 5.41) is 11.7. The van der Waals surface area contributed by atoms with E-state index in [1.165, 1.54) is 10.4 Å².